The van der Waals surface area contributed by atoms with Gasteiger partial charge in [0.2, 0.25) is 0 Å². The first-order valence-corrected chi connectivity index (χ1v) is 7.30. The number of phenols is 1. The minimum absolute atomic E-state index is 0.192. The van der Waals surface area contributed by atoms with E-state index >= 15 is 0 Å². The van der Waals surface area contributed by atoms with Crippen LogP contribution in [0.4, 0.5) is 0 Å². The maximum absolute atomic E-state index is 9.65. The Hall–Kier alpha value is -1.52. The number of thiophene rings is 1. The second-order valence-electron chi connectivity index (χ2n) is 4.35. The van der Waals surface area contributed by atoms with Crippen LogP contribution < -0.4 is 10.1 Å². The molecule has 0 aliphatic heterocycles. The highest BCUT2D eigenvalue weighted by atomic mass is 32.1. The molecule has 2 aromatic rings. The Balaban J connectivity index is 1.97. The molecular formula is C15H19NO2S. The molecule has 0 fully saturated rings. The van der Waals surface area contributed by atoms with Crippen molar-refractivity contribution < 1.29 is 9.84 Å². The van der Waals surface area contributed by atoms with Gasteiger partial charge in [0.05, 0.1) is 6.61 Å². The summed E-state index contributed by atoms with van der Waals surface area (Å²) < 4.78 is 5.38. The van der Waals surface area contributed by atoms with E-state index in [4.69, 9.17) is 4.74 Å². The zero-order valence-corrected chi connectivity index (χ0v) is 12.0. The standard InChI is InChI=1S/C15H19NO2S/c1-3-18-14-9-12(6-7-13(14)17)10-16-11(2)15-5-4-8-19-15/h4-9,11,16-17H,3,10H2,1-2H3. The average molecular weight is 277 g/mol. The van der Waals surface area contributed by atoms with Crippen LogP contribution in [0.2, 0.25) is 0 Å². The van der Waals surface area contributed by atoms with Crippen molar-refractivity contribution >= 4 is 11.3 Å². The number of rotatable bonds is 6. The van der Waals surface area contributed by atoms with E-state index in [9.17, 15) is 5.11 Å². The molecule has 1 aromatic heterocycles. The van der Waals surface area contributed by atoms with Crippen molar-refractivity contribution in [1.82, 2.24) is 5.32 Å². The van der Waals surface area contributed by atoms with Crippen LogP contribution in [0.25, 0.3) is 0 Å². The van der Waals surface area contributed by atoms with Gasteiger partial charge in [0, 0.05) is 17.5 Å². The van der Waals surface area contributed by atoms with Gasteiger partial charge in [0.1, 0.15) is 0 Å². The molecule has 0 radical (unpaired) electrons. The third-order valence-corrected chi connectivity index (χ3v) is 3.96. The van der Waals surface area contributed by atoms with Crippen molar-refractivity contribution in [2.24, 2.45) is 0 Å². The van der Waals surface area contributed by atoms with E-state index in [1.165, 1.54) is 4.88 Å². The number of hydrogen-bond acceptors (Lipinski definition) is 4. The number of aromatic hydroxyl groups is 1. The third-order valence-electron chi connectivity index (χ3n) is 2.91. The van der Waals surface area contributed by atoms with Gasteiger partial charge >= 0.3 is 0 Å². The number of nitrogens with one attached hydrogen (secondary N) is 1. The fourth-order valence-electron chi connectivity index (χ4n) is 1.85. The molecule has 1 unspecified atom stereocenters. The fraction of sp³-hybridized carbons (Fsp3) is 0.333. The zero-order chi connectivity index (χ0) is 13.7. The lowest BCUT2D eigenvalue weighted by Crippen LogP contribution is -2.17. The average Bonchev–Trinajstić information content (AvgIpc) is 2.93. The smallest absolute Gasteiger partial charge is 0.161 e. The first kappa shape index (κ1) is 13.9. The summed E-state index contributed by atoms with van der Waals surface area (Å²) in [6.07, 6.45) is 0. The predicted molar refractivity (Wildman–Crippen MR) is 78.8 cm³/mol. The van der Waals surface area contributed by atoms with Crippen molar-refractivity contribution in [3.8, 4) is 11.5 Å². The Labute approximate surface area is 117 Å². The SMILES string of the molecule is CCOc1cc(CNC(C)c2cccs2)ccc1O. The summed E-state index contributed by atoms with van der Waals surface area (Å²) in [5.74, 6) is 0.738. The molecule has 1 heterocycles. The molecule has 1 atom stereocenters. The molecule has 0 bridgehead atoms. The molecular weight excluding hydrogens is 258 g/mol. The van der Waals surface area contributed by atoms with E-state index in [1.54, 1.807) is 17.4 Å². The van der Waals surface area contributed by atoms with Crippen LogP contribution in [0.3, 0.4) is 0 Å². The Morgan fingerprint density at radius 1 is 1.37 bits per heavy atom. The zero-order valence-electron chi connectivity index (χ0n) is 11.2. The highest BCUT2D eigenvalue weighted by Crippen LogP contribution is 2.27. The minimum Gasteiger partial charge on any atom is -0.504 e. The Bertz CT molecular complexity index is 511. The van der Waals surface area contributed by atoms with Gasteiger partial charge in [-0.15, -0.1) is 11.3 Å². The number of phenolic OH excluding ortho intramolecular Hbond substituents is 1. The van der Waals surface area contributed by atoms with Crippen molar-refractivity contribution in [3.63, 3.8) is 0 Å². The third kappa shape index (κ3) is 3.72. The van der Waals surface area contributed by atoms with Crippen molar-refractivity contribution in [2.75, 3.05) is 6.61 Å². The van der Waals surface area contributed by atoms with Gasteiger partial charge in [-0.2, -0.15) is 0 Å². The molecule has 3 nitrogen and oxygen atoms in total. The molecule has 2 rings (SSSR count). The van der Waals surface area contributed by atoms with E-state index in [2.05, 4.69) is 29.8 Å². The van der Waals surface area contributed by atoms with Crippen LogP contribution >= 0.6 is 11.3 Å². The molecule has 0 spiro atoms. The van der Waals surface area contributed by atoms with Crippen LogP contribution in [-0.2, 0) is 6.54 Å². The lowest BCUT2D eigenvalue weighted by atomic mass is 10.2. The minimum atomic E-state index is 0.192. The summed E-state index contributed by atoms with van der Waals surface area (Å²) in [6, 6.07) is 9.98. The normalized spacial score (nSPS) is 12.3. The summed E-state index contributed by atoms with van der Waals surface area (Å²) in [4.78, 5) is 1.32. The van der Waals surface area contributed by atoms with Gasteiger partial charge < -0.3 is 15.2 Å². The first-order chi connectivity index (χ1) is 9.20. The summed E-state index contributed by atoms with van der Waals surface area (Å²) in [7, 11) is 0. The van der Waals surface area contributed by atoms with Gasteiger partial charge in [-0.05, 0) is 43.0 Å². The highest BCUT2D eigenvalue weighted by molar-refractivity contribution is 7.10. The van der Waals surface area contributed by atoms with Gasteiger partial charge in [-0.25, -0.2) is 0 Å². The van der Waals surface area contributed by atoms with Crippen molar-refractivity contribution in [3.05, 3.63) is 46.2 Å². The molecule has 0 amide bonds. The van der Waals surface area contributed by atoms with Crippen LogP contribution in [0, 0.1) is 0 Å². The lowest BCUT2D eigenvalue weighted by molar-refractivity contribution is 0.317. The fourth-order valence-corrected chi connectivity index (χ4v) is 2.61. The van der Waals surface area contributed by atoms with Crippen molar-refractivity contribution in [2.45, 2.75) is 26.4 Å². The molecule has 2 N–H and O–H groups in total. The van der Waals surface area contributed by atoms with Gasteiger partial charge in [-0.3, -0.25) is 0 Å². The molecule has 1 aromatic carbocycles. The second kappa shape index (κ2) is 6.59. The molecule has 4 heteroatoms. The van der Waals surface area contributed by atoms with Crippen LogP contribution in [0.5, 0.6) is 11.5 Å². The molecule has 0 aliphatic carbocycles. The molecule has 0 aliphatic rings. The quantitative estimate of drug-likeness (QED) is 0.846. The molecule has 19 heavy (non-hydrogen) atoms. The number of ether oxygens (including phenoxy) is 1. The monoisotopic (exact) mass is 277 g/mol. The first-order valence-electron chi connectivity index (χ1n) is 6.42. The lowest BCUT2D eigenvalue weighted by Gasteiger charge is -2.13. The van der Waals surface area contributed by atoms with Crippen LogP contribution in [0.15, 0.2) is 35.7 Å². The predicted octanol–water partition coefficient (Wildman–Crippen LogP) is 3.70. The van der Waals surface area contributed by atoms with Crippen molar-refractivity contribution in [1.29, 1.82) is 0 Å². The molecule has 102 valence electrons. The van der Waals surface area contributed by atoms with E-state index in [-0.39, 0.29) is 5.75 Å². The van der Waals surface area contributed by atoms with Gasteiger partial charge in [0.15, 0.2) is 11.5 Å². The second-order valence-corrected chi connectivity index (χ2v) is 5.33. The Morgan fingerprint density at radius 2 is 2.21 bits per heavy atom. The number of benzene rings is 1. The number of hydrogen-bond donors (Lipinski definition) is 2. The van der Waals surface area contributed by atoms with E-state index in [0.717, 1.165) is 12.1 Å². The largest absolute Gasteiger partial charge is 0.504 e. The molecule has 0 saturated carbocycles. The summed E-state index contributed by atoms with van der Waals surface area (Å²) in [5, 5.41) is 15.2. The summed E-state index contributed by atoms with van der Waals surface area (Å²) >= 11 is 1.75. The Morgan fingerprint density at radius 3 is 2.89 bits per heavy atom. The summed E-state index contributed by atoms with van der Waals surface area (Å²) in [5.41, 5.74) is 1.10. The summed E-state index contributed by atoms with van der Waals surface area (Å²) in [6.45, 7) is 5.36. The van der Waals surface area contributed by atoms with Gasteiger partial charge in [0.25, 0.3) is 0 Å². The van der Waals surface area contributed by atoms with Crippen LogP contribution in [0.1, 0.15) is 30.3 Å². The van der Waals surface area contributed by atoms with E-state index in [1.807, 2.05) is 19.1 Å². The molecule has 0 saturated heterocycles. The van der Waals surface area contributed by atoms with Gasteiger partial charge in [-0.1, -0.05) is 12.1 Å². The highest BCUT2D eigenvalue weighted by Gasteiger charge is 2.07. The maximum atomic E-state index is 9.65. The van der Waals surface area contributed by atoms with E-state index in [0.29, 0.717) is 18.4 Å². The topological polar surface area (TPSA) is 41.5 Å². The van der Waals surface area contributed by atoms with E-state index < -0.39 is 0 Å². The maximum Gasteiger partial charge on any atom is 0.161 e. The van der Waals surface area contributed by atoms with Crippen LogP contribution in [-0.4, -0.2) is 11.7 Å². The Kier molecular flexibility index (Phi) is 4.82.